The Morgan fingerprint density at radius 1 is 0.508 bits per heavy atom. The van der Waals surface area contributed by atoms with Crippen LogP contribution in [0.25, 0.3) is 28.0 Å². The van der Waals surface area contributed by atoms with Crippen LogP contribution in [0.2, 0.25) is 0 Å². The highest BCUT2D eigenvalue weighted by Crippen LogP contribution is 2.54. The zero-order chi connectivity index (χ0) is 42.5. The summed E-state index contributed by atoms with van der Waals surface area (Å²) in [7, 11) is 0. The van der Waals surface area contributed by atoms with Gasteiger partial charge in [0, 0.05) is 5.56 Å². The average Bonchev–Trinajstić information content (AvgIpc) is 3.37. The van der Waals surface area contributed by atoms with Gasteiger partial charge in [0.25, 0.3) is 0 Å². The molecule has 1 heteroatoms. The summed E-state index contributed by atoms with van der Waals surface area (Å²) in [5, 5.41) is 0. The summed E-state index contributed by atoms with van der Waals surface area (Å²) in [4.78, 5) is 5.70. The quantitative estimate of drug-likeness (QED) is 0.0938. The van der Waals surface area contributed by atoms with Gasteiger partial charge in [-0.1, -0.05) is 211 Å². The molecule has 10 rings (SSSR count). The highest BCUT2D eigenvalue weighted by Gasteiger charge is 2.44. The van der Waals surface area contributed by atoms with Gasteiger partial charge in [-0.25, -0.2) is 4.98 Å². The first kappa shape index (κ1) is 40.5. The summed E-state index contributed by atoms with van der Waals surface area (Å²) >= 11 is 0. The zero-order valence-electron chi connectivity index (χ0n) is 36.6. The van der Waals surface area contributed by atoms with Crippen LogP contribution >= 0.6 is 0 Å². The molecular weight excluding hydrogens is 759 g/mol. The van der Waals surface area contributed by atoms with Gasteiger partial charge in [-0.15, -0.1) is 0 Å². The molecular formula is C62H57N. The minimum atomic E-state index is -0.419. The molecule has 1 nitrogen and oxygen atoms in total. The largest absolute Gasteiger partial charge is 0.248 e. The number of hydrogen-bond donors (Lipinski definition) is 0. The predicted octanol–water partition coefficient (Wildman–Crippen LogP) is 16.0. The van der Waals surface area contributed by atoms with Crippen molar-refractivity contribution in [3.63, 3.8) is 0 Å². The molecule has 1 heterocycles. The Balaban J connectivity index is 1.17. The fourth-order valence-electron chi connectivity index (χ4n) is 11.4. The van der Waals surface area contributed by atoms with Crippen LogP contribution in [0.4, 0.5) is 0 Å². The second-order valence-electron chi connectivity index (χ2n) is 17.8. The number of hydrogen-bond acceptors (Lipinski definition) is 1. The molecule has 1 aromatic heterocycles. The van der Waals surface area contributed by atoms with Crippen molar-refractivity contribution in [1.29, 1.82) is 0 Å². The third-order valence-corrected chi connectivity index (χ3v) is 14.3. The molecule has 0 spiro atoms. The maximum atomic E-state index is 5.70. The first-order valence-electron chi connectivity index (χ1n) is 23.3. The molecule has 6 aromatic rings. The Bertz CT molecular complexity index is 2770. The van der Waals surface area contributed by atoms with Crippen molar-refractivity contribution in [3.05, 3.63) is 263 Å². The minimum Gasteiger partial charge on any atom is -0.248 e. The monoisotopic (exact) mass is 815 g/mol. The summed E-state index contributed by atoms with van der Waals surface area (Å²) in [5.74, 6) is 0.222. The van der Waals surface area contributed by atoms with E-state index >= 15 is 0 Å². The highest BCUT2D eigenvalue weighted by molar-refractivity contribution is 5.82. The van der Waals surface area contributed by atoms with E-state index in [1.165, 1.54) is 68.5 Å². The Labute approximate surface area is 375 Å². The van der Waals surface area contributed by atoms with Crippen molar-refractivity contribution >= 4 is 5.57 Å². The highest BCUT2D eigenvalue weighted by atomic mass is 14.7. The topological polar surface area (TPSA) is 12.9 Å². The van der Waals surface area contributed by atoms with Gasteiger partial charge >= 0.3 is 0 Å². The van der Waals surface area contributed by atoms with Crippen LogP contribution in [-0.2, 0) is 10.8 Å². The summed E-state index contributed by atoms with van der Waals surface area (Å²) in [6, 6.07) is 56.5. The molecule has 0 saturated heterocycles. The summed E-state index contributed by atoms with van der Waals surface area (Å²) in [6.45, 7) is 2.23. The lowest BCUT2D eigenvalue weighted by atomic mass is 9.59. The Kier molecular flexibility index (Phi) is 11.6. The van der Waals surface area contributed by atoms with E-state index < -0.39 is 5.41 Å². The van der Waals surface area contributed by atoms with Gasteiger partial charge in [-0.2, -0.15) is 0 Å². The van der Waals surface area contributed by atoms with E-state index in [2.05, 4.69) is 219 Å². The fraction of sp³-hybridized carbons (Fsp3) is 0.210. The van der Waals surface area contributed by atoms with Crippen molar-refractivity contribution < 1.29 is 0 Å². The molecule has 0 saturated carbocycles. The molecule has 0 fully saturated rings. The van der Waals surface area contributed by atoms with E-state index in [1.54, 1.807) is 5.57 Å². The average molecular weight is 816 g/mol. The normalized spacial score (nSPS) is 18.5. The van der Waals surface area contributed by atoms with E-state index in [1.807, 2.05) is 0 Å². The van der Waals surface area contributed by atoms with Crippen LogP contribution in [-0.4, -0.2) is 4.98 Å². The SMILES string of the molecule is Cc1ccccc1-c1cc(C2=CCCC(C(C3=CC=CCC3)(C3=CCCCC3)c3ccccc3)=C2)nc(-c2cccc(C(c3ccccc3)(c3ccccc3)[C@H]3C=CC=CC3)c2)c1. The molecule has 4 aliphatic rings. The third-order valence-electron chi connectivity index (χ3n) is 14.3. The number of allylic oxidation sites excluding steroid dienone is 14. The minimum absolute atomic E-state index is 0.222. The van der Waals surface area contributed by atoms with Gasteiger partial charge in [0.15, 0.2) is 0 Å². The zero-order valence-corrected chi connectivity index (χ0v) is 36.6. The predicted molar refractivity (Wildman–Crippen MR) is 265 cm³/mol. The Hall–Kier alpha value is -6.57. The first-order valence-corrected chi connectivity index (χ1v) is 23.3. The van der Waals surface area contributed by atoms with Crippen molar-refractivity contribution in [2.24, 2.45) is 5.92 Å². The molecule has 0 aliphatic heterocycles. The fourth-order valence-corrected chi connectivity index (χ4v) is 11.4. The summed E-state index contributed by atoms with van der Waals surface area (Å²) in [5.41, 5.74) is 17.2. The molecule has 310 valence electrons. The number of benzene rings is 5. The maximum absolute atomic E-state index is 5.70. The van der Waals surface area contributed by atoms with E-state index in [9.17, 15) is 0 Å². The number of aromatic nitrogens is 1. The van der Waals surface area contributed by atoms with Crippen LogP contribution in [0.5, 0.6) is 0 Å². The summed E-state index contributed by atoms with van der Waals surface area (Å²) < 4.78 is 0. The Morgan fingerprint density at radius 2 is 1.21 bits per heavy atom. The third kappa shape index (κ3) is 7.59. The lowest BCUT2D eigenvalue weighted by molar-refractivity contribution is 0.448. The van der Waals surface area contributed by atoms with Crippen molar-refractivity contribution in [2.45, 2.75) is 75.5 Å². The van der Waals surface area contributed by atoms with E-state index in [-0.39, 0.29) is 11.3 Å². The molecule has 5 aromatic carbocycles. The summed E-state index contributed by atoms with van der Waals surface area (Å²) in [6.07, 6.45) is 33.7. The van der Waals surface area contributed by atoms with Gasteiger partial charge in [0.05, 0.1) is 22.2 Å². The molecule has 0 amide bonds. The van der Waals surface area contributed by atoms with Crippen molar-refractivity contribution in [2.75, 3.05) is 0 Å². The van der Waals surface area contributed by atoms with Crippen LogP contribution < -0.4 is 0 Å². The molecule has 2 atom stereocenters. The van der Waals surface area contributed by atoms with Gasteiger partial charge in [-0.3, -0.25) is 0 Å². The van der Waals surface area contributed by atoms with E-state index in [0.717, 1.165) is 61.9 Å². The van der Waals surface area contributed by atoms with Gasteiger partial charge in [0.1, 0.15) is 0 Å². The van der Waals surface area contributed by atoms with Crippen LogP contribution in [0, 0.1) is 12.8 Å². The van der Waals surface area contributed by atoms with Gasteiger partial charge < -0.3 is 0 Å². The maximum Gasteiger partial charge on any atom is 0.0715 e. The molecule has 1 unspecified atom stereocenters. The van der Waals surface area contributed by atoms with Crippen LogP contribution in [0.15, 0.2) is 229 Å². The lowest BCUT2D eigenvalue weighted by Gasteiger charge is -2.44. The lowest BCUT2D eigenvalue weighted by Crippen LogP contribution is -2.37. The molecule has 0 bridgehead atoms. The van der Waals surface area contributed by atoms with E-state index in [4.69, 9.17) is 4.98 Å². The molecule has 63 heavy (non-hydrogen) atoms. The number of rotatable bonds is 11. The number of pyridine rings is 1. The molecule has 0 N–H and O–H groups in total. The Morgan fingerprint density at radius 3 is 1.89 bits per heavy atom. The molecule has 0 radical (unpaired) electrons. The second-order valence-corrected chi connectivity index (χ2v) is 17.8. The number of nitrogens with zero attached hydrogens (tertiary/aromatic N) is 1. The van der Waals surface area contributed by atoms with Crippen LogP contribution in [0.1, 0.15) is 91.3 Å². The van der Waals surface area contributed by atoms with E-state index in [0.29, 0.717) is 0 Å². The smallest absolute Gasteiger partial charge is 0.0715 e. The van der Waals surface area contributed by atoms with Gasteiger partial charge in [0.2, 0.25) is 0 Å². The second kappa shape index (κ2) is 18.0. The molecule has 4 aliphatic carbocycles. The first-order chi connectivity index (χ1) is 31.2. The van der Waals surface area contributed by atoms with Crippen molar-refractivity contribution in [1.82, 2.24) is 4.98 Å². The van der Waals surface area contributed by atoms with Crippen LogP contribution in [0.3, 0.4) is 0 Å². The van der Waals surface area contributed by atoms with Crippen molar-refractivity contribution in [3.8, 4) is 22.4 Å². The standard InChI is InChI=1S/C62H57N/c1-46-24-20-21-41-58(46)49-44-59(47-25-22-39-56(42-47)61(50-27-8-2-9-28-50,51-29-10-3-11-30-51)52-31-12-4-13-32-52)63-60(45-49)48-26-23-40-57(43-48)62(53-33-14-5-15-34-53,54-35-16-6-17-36-54)55-37-18-7-19-38-55/h2-6,8-16,20-22,24-31,33-35,37,39,41-45,52H,7,17-19,23,32,36,38,40H2,1H3/t52-,62?/m0/s1. The number of aryl methyl sites for hydroxylation is 1. The van der Waals surface area contributed by atoms with Gasteiger partial charge in [-0.05, 0) is 133 Å².